The highest BCUT2D eigenvalue weighted by molar-refractivity contribution is 5.95. The first-order chi connectivity index (χ1) is 19.6. The van der Waals surface area contributed by atoms with Crippen LogP contribution in [0.4, 0.5) is 8.78 Å². The van der Waals surface area contributed by atoms with Gasteiger partial charge in [-0.1, -0.05) is 68.3 Å². The molecule has 10 heteroatoms. The van der Waals surface area contributed by atoms with Crippen molar-refractivity contribution in [1.82, 2.24) is 10.3 Å². The second kappa shape index (κ2) is 12.0. The van der Waals surface area contributed by atoms with E-state index in [1.54, 1.807) is 20.8 Å². The van der Waals surface area contributed by atoms with Crippen molar-refractivity contribution in [3.05, 3.63) is 59.0 Å². The third kappa shape index (κ3) is 7.07. The minimum atomic E-state index is -3.26. The van der Waals surface area contributed by atoms with Gasteiger partial charge < -0.3 is 18.5 Å². The Hall–Kier alpha value is -3.56. The lowest BCUT2D eigenvalue weighted by atomic mass is 9.85. The van der Waals surface area contributed by atoms with Crippen LogP contribution in [0.5, 0.6) is 0 Å². The molecule has 1 aromatic carbocycles. The third-order valence-electron chi connectivity index (χ3n) is 7.34. The van der Waals surface area contributed by atoms with Crippen LogP contribution >= 0.6 is 0 Å². The molecule has 0 aliphatic heterocycles. The maximum Gasteiger partial charge on any atom is 0.320 e. The van der Waals surface area contributed by atoms with Crippen molar-refractivity contribution in [2.45, 2.75) is 104 Å². The van der Waals surface area contributed by atoms with E-state index in [1.807, 2.05) is 37.3 Å². The summed E-state index contributed by atoms with van der Waals surface area (Å²) >= 11 is 0. The average Bonchev–Trinajstić information content (AvgIpc) is 3.44. The van der Waals surface area contributed by atoms with Gasteiger partial charge in [-0.2, -0.15) is 8.78 Å². The van der Waals surface area contributed by atoms with Gasteiger partial charge in [0.1, 0.15) is 12.2 Å². The van der Waals surface area contributed by atoms with Crippen molar-refractivity contribution in [1.29, 1.82) is 0 Å². The SMILES string of the molecule is CCC(C[C@H](C(=O)OCc1ccccc1)C(=O)OC(C)(C)C)c1noc(-c2cc(C(F)(F)C(C)(C)C)on2)c1C1CC1. The Bertz CT molecular complexity index is 1380. The Morgan fingerprint density at radius 2 is 1.67 bits per heavy atom. The summed E-state index contributed by atoms with van der Waals surface area (Å²) in [6.07, 6.45) is 2.35. The van der Waals surface area contributed by atoms with Crippen LogP contribution in [0, 0.1) is 11.3 Å². The summed E-state index contributed by atoms with van der Waals surface area (Å²) in [6.45, 7) is 11.4. The number of ether oxygens (including phenoxy) is 2. The van der Waals surface area contributed by atoms with Crippen molar-refractivity contribution in [2.24, 2.45) is 11.3 Å². The van der Waals surface area contributed by atoms with Gasteiger partial charge in [0.25, 0.3) is 0 Å². The molecule has 2 aromatic heterocycles. The second-order valence-corrected chi connectivity index (χ2v) is 13.0. The fourth-order valence-corrected chi connectivity index (χ4v) is 4.70. The predicted octanol–water partition coefficient (Wildman–Crippen LogP) is 7.93. The normalized spacial score (nSPS) is 15.7. The molecule has 0 bridgehead atoms. The topological polar surface area (TPSA) is 105 Å². The van der Waals surface area contributed by atoms with Gasteiger partial charge in [0.05, 0.1) is 5.69 Å². The Balaban J connectivity index is 1.63. The first kappa shape index (κ1) is 31.4. The van der Waals surface area contributed by atoms with Gasteiger partial charge in [-0.05, 0) is 57.9 Å². The number of hydrogen-bond donors (Lipinski definition) is 0. The first-order valence-electron chi connectivity index (χ1n) is 14.4. The van der Waals surface area contributed by atoms with Crippen LogP contribution in [0.3, 0.4) is 0 Å². The third-order valence-corrected chi connectivity index (χ3v) is 7.34. The van der Waals surface area contributed by atoms with Crippen LogP contribution in [0.25, 0.3) is 11.5 Å². The Kier molecular flexibility index (Phi) is 8.94. The molecule has 2 heterocycles. The Labute approximate surface area is 245 Å². The van der Waals surface area contributed by atoms with Gasteiger partial charge in [-0.15, -0.1) is 0 Å². The Morgan fingerprint density at radius 1 is 1.00 bits per heavy atom. The minimum Gasteiger partial charge on any atom is -0.460 e. The van der Waals surface area contributed by atoms with Gasteiger partial charge in [0.2, 0.25) is 5.76 Å². The summed E-state index contributed by atoms with van der Waals surface area (Å²) in [5.74, 6) is -6.38. The van der Waals surface area contributed by atoms with Crippen LogP contribution in [-0.4, -0.2) is 27.9 Å². The summed E-state index contributed by atoms with van der Waals surface area (Å²) < 4.78 is 51.9. The van der Waals surface area contributed by atoms with E-state index in [9.17, 15) is 18.4 Å². The van der Waals surface area contributed by atoms with Gasteiger partial charge in [-0.25, -0.2) is 0 Å². The number of alkyl halides is 2. The number of rotatable bonds is 11. The standard InChI is InChI=1S/C32H40F2N2O6/c1-8-20(16-22(29(38)40-31(5,6)7)28(37)39-18-19-12-10-9-11-13-19)26-25(21-14-15-21)27(42-36-26)23-17-24(41-35-23)32(33,34)30(2,3)4/h9-13,17,20-22H,8,14-16,18H2,1-7H3/t20?,22-/m1/s1. The molecular weight excluding hydrogens is 546 g/mol. The summed E-state index contributed by atoms with van der Waals surface area (Å²) in [5.41, 5.74) is 0.0660. The number of carbonyl (C=O) groups is 2. The molecule has 0 saturated heterocycles. The largest absolute Gasteiger partial charge is 0.460 e. The molecule has 0 spiro atoms. The zero-order valence-electron chi connectivity index (χ0n) is 25.3. The molecule has 8 nitrogen and oxygen atoms in total. The highest BCUT2D eigenvalue weighted by atomic mass is 19.3. The molecule has 3 aromatic rings. The first-order valence-corrected chi connectivity index (χ1v) is 14.4. The molecule has 0 radical (unpaired) electrons. The van der Waals surface area contributed by atoms with Crippen LogP contribution < -0.4 is 0 Å². The summed E-state index contributed by atoms with van der Waals surface area (Å²) in [5, 5.41) is 8.25. The summed E-state index contributed by atoms with van der Waals surface area (Å²) in [7, 11) is 0. The van der Waals surface area contributed by atoms with Crippen LogP contribution in [0.1, 0.15) is 109 Å². The van der Waals surface area contributed by atoms with Gasteiger partial charge >= 0.3 is 17.9 Å². The number of aromatic nitrogens is 2. The molecule has 0 amide bonds. The van der Waals surface area contributed by atoms with E-state index >= 15 is 0 Å². The van der Waals surface area contributed by atoms with E-state index in [0.29, 0.717) is 12.1 Å². The Morgan fingerprint density at radius 3 is 2.24 bits per heavy atom. The van der Waals surface area contributed by atoms with E-state index in [0.717, 1.165) is 24.0 Å². The highest BCUT2D eigenvalue weighted by Crippen LogP contribution is 2.50. The lowest BCUT2D eigenvalue weighted by Crippen LogP contribution is -2.34. The van der Waals surface area contributed by atoms with E-state index < -0.39 is 40.6 Å². The number of carbonyl (C=O) groups excluding carboxylic acids is 2. The van der Waals surface area contributed by atoms with Gasteiger partial charge in [0.15, 0.2) is 17.4 Å². The fourth-order valence-electron chi connectivity index (χ4n) is 4.70. The van der Waals surface area contributed by atoms with Crippen LogP contribution in [-0.2, 0) is 31.6 Å². The molecule has 1 aliphatic rings. The lowest BCUT2D eigenvalue weighted by molar-refractivity contribution is -0.170. The van der Waals surface area contributed by atoms with Crippen molar-refractivity contribution in [3.63, 3.8) is 0 Å². The van der Waals surface area contributed by atoms with Gasteiger partial charge in [-0.3, -0.25) is 9.59 Å². The van der Waals surface area contributed by atoms with Crippen molar-refractivity contribution in [2.75, 3.05) is 0 Å². The summed E-state index contributed by atoms with van der Waals surface area (Å²) in [6, 6.07) is 10.4. The molecule has 0 N–H and O–H groups in total. The number of hydrogen-bond acceptors (Lipinski definition) is 8. The maximum atomic E-state index is 15.0. The minimum absolute atomic E-state index is 0.0187. The maximum absolute atomic E-state index is 15.0. The van der Waals surface area contributed by atoms with Crippen molar-refractivity contribution < 1.29 is 36.9 Å². The molecule has 2 atom stereocenters. The van der Waals surface area contributed by atoms with E-state index in [-0.39, 0.29) is 36.3 Å². The molecule has 42 heavy (non-hydrogen) atoms. The van der Waals surface area contributed by atoms with Crippen molar-refractivity contribution in [3.8, 4) is 11.5 Å². The molecule has 1 aliphatic carbocycles. The van der Waals surface area contributed by atoms with Gasteiger partial charge in [0, 0.05) is 23.0 Å². The van der Waals surface area contributed by atoms with Crippen molar-refractivity contribution >= 4 is 11.9 Å². The van der Waals surface area contributed by atoms with E-state index in [2.05, 4.69) is 10.3 Å². The van der Waals surface area contributed by atoms with Crippen LogP contribution in [0.2, 0.25) is 0 Å². The number of benzene rings is 1. The van der Waals surface area contributed by atoms with Crippen LogP contribution in [0.15, 0.2) is 45.4 Å². The fraction of sp³-hybridized carbons (Fsp3) is 0.562. The lowest BCUT2D eigenvalue weighted by Gasteiger charge is -2.27. The number of nitrogens with zero attached hydrogens (tertiary/aromatic N) is 2. The monoisotopic (exact) mass is 586 g/mol. The van der Waals surface area contributed by atoms with E-state index in [4.69, 9.17) is 18.5 Å². The zero-order chi connectivity index (χ0) is 30.9. The second-order valence-electron chi connectivity index (χ2n) is 13.0. The number of halogens is 2. The molecule has 1 fully saturated rings. The number of esters is 2. The molecule has 228 valence electrons. The quantitative estimate of drug-likeness (QED) is 0.165. The summed E-state index contributed by atoms with van der Waals surface area (Å²) in [4.78, 5) is 26.6. The molecule has 1 unspecified atom stereocenters. The zero-order valence-corrected chi connectivity index (χ0v) is 25.3. The molecular formula is C32H40F2N2O6. The highest BCUT2D eigenvalue weighted by Gasteiger charge is 2.49. The average molecular weight is 587 g/mol. The smallest absolute Gasteiger partial charge is 0.320 e. The molecule has 4 rings (SSSR count). The predicted molar refractivity (Wildman–Crippen MR) is 151 cm³/mol. The molecule has 1 saturated carbocycles. The van der Waals surface area contributed by atoms with E-state index in [1.165, 1.54) is 26.8 Å².